The van der Waals surface area contributed by atoms with Crippen molar-refractivity contribution in [1.82, 2.24) is 29.8 Å². The molecule has 0 spiro atoms. The van der Waals surface area contributed by atoms with E-state index in [1.807, 2.05) is 20.0 Å². The Morgan fingerprint density at radius 2 is 0.803 bits per heavy atom. The number of nitrogens with two attached hydrogens (primary N) is 4. The number of nitrogens with one attached hydrogen (secondary N) is 1. The first-order valence-corrected chi connectivity index (χ1v) is 59.5. The fourth-order valence-electron chi connectivity index (χ4n) is 14.1. The van der Waals surface area contributed by atoms with Crippen LogP contribution in [0.4, 0.5) is 0 Å². The molecule has 0 saturated carbocycles. The zero-order valence-corrected chi connectivity index (χ0v) is 81.1. The smallest absolute Gasteiger partial charge is 0.222 e. The van der Waals surface area contributed by atoms with Crippen LogP contribution in [0, 0.1) is 0 Å². The van der Waals surface area contributed by atoms with Gasteiger partial charge in [0.15, 0.2) is 31.1 Å². The number of aliphatic hydroxyl groups excluding tert-OH is 10. The molecule has 0 aromatic rings. The Morgan fingerprint density at radius 3 is 1.13 bits per heavy atom. The lowest BCUT2D eigenvalue weighted by Gasteiger charge is -2.39. The second-order valence-electron chi connectivity index (χ2n) is 38.3. The summed E-state index contributed by atoms with van der Waals surface area (Å²) in [6, 6.07) is 0.866. The summed E-state index contributed by atoms with van der Waals surface area (Å²) in [7, 11) is -1.64. The van der Waals surface area contributed by atoms with Crippen LogP contribution >= 0.6 is 34.4 Å². The minimum absolute atomic E-state index is 0.182. The molecule has 20 atom stereocenters. The summed E-state index contributed by atoms with van der Waals surface area (Å²) in [5.74, 6) is 3.47. The van der Waals surface area contributed by atoms with E-state index in [-0.39, 0.29) is 23.4 Å². The van der Waals surface area contributed by atoms with E-state index in [9.17, 15) is 61.0 Å². The van der Waals surface area contributed by atoms with Crippen LogP contribution in [0.15, 0.2) is 146 Å². The molecule has 0 aromatic heterocycles. The molecule has 0 aliphatic carbocycles. The Kier molecular flexibility index (Phi) is 36.4. The van der Waals surface area contributed by atoms with Crippen LogP contribution in [0.1, 0.15) is 87.0 Å². The molecule has 32 nitrogen and oxygen atoms in total. The number of ether oxygens (including phenoxy) is 5. The molecule has 10 heterocycles. The van der Waals surface area contributed by atoms with Crippen LogP contribution < -0.4 is 28.3 Å². The molecule has 38 heteroatoms. The molecule has 690 valence electrons. The van der Waals surface area contributed by atoms with Crippen molar-refractivity contribution in [2.24, 2.45) is 47.9 Å². The van der Waals surface area contributed by atoms with Gasteiger partial charge in [0.25, 0.3) is 0 Å². The lowest BCUT2D eigenvalue weighted by atomic mass is 9.95. The van der Waals surface area contributed by atoms with E-state index in [0.717, 1.165) is 53.6 Å². The maximum Gasteiger partial charge on any atom is 0.222 e. The van der Waals surface area contributed by atoms with Gasteiger partial charge in [-0.25, -0.2) is 25.0 Å². The van der Waals surface area contributed by atoms with E-state index in [1.54, 1.807) is 57.4 Å². The van der Waals surface area contributed by atoms with E-state index in [0.29, 0.717) is 96.5 Å². The molecule has 1 amide bonds. The maximum absolute atomic E-state index is 11.3. The molecule has 10 rings (SSSR count). The van der Waals surface area contributed by atoms with Gasteiger partial charge in [-0.2, -0.15) is 0 Å². The monoisotopic (exact) mass is 1820 g/mol. The topological polar surface area (TPSA) is 480 Å². The first-order chi connectivity index (χ1) is 55.8. The van der Waals surface area contributed by atoms with E-state index in [4.69, 9.17) is 46.6 Å². The molecule has 10 aliphatic rings. The molecule has 0 bridgehead atoms. The van der Waals surface area contributed by atoms with Crippen LogP contribution in [0.25, 0.3) is 0 Å². The average molecular weight is 1820 g/mol. The molecule has 10 aliphatic heterocycles. The largest absolute Gasteiger partial charge is 0.391 e. The van der Waals surface area contributed by atoms with E-state index in [1.165, 1.54) is 11.8 Å². The second-order valence-corrected chi connectivity index (χ2v) is 65.5. The van der Waals surface area contributed by atoms with Crippen molar-refractivity contribution >= 4 is 109 Å². The highest BCUT2D eigenvalue weighted by Crippen LogP contribution is 2.47. The summed E-state index contributed by atoms with van der Waals surface area (Å²) in [5.41, 5.74) is 24.8. The zero-order chi connectivity index (χ0) is 92.7. The lowest BCUT2D eigenvalue weighted by molar-refractivity contribution is -0.117. The van der Waals surface area contributed by atoms with Gasteiger partial charge < -0.3 is 133 Å². The van der Waals surface area contributed by atoms with E-state index < -0.39 is 165 Å². The summed E-state index contributed by atoms with van der Waals surface area (Å²) in [6.07, 6.45) is 24.4. The number of amidine groups is 5. The Labute approximate surface area is 726 Å². The number of hydrogen-bond acceptors (Lipinski definition) is 31. The van der Waals surface area contributed by atoms with Gasteiger partial charge in [0.1, 0.15) is 119 Å². The van der Waals surface area contributed by atoms with Crippen molar-refractivity contribution in [2.45, 2.75) is 233 Å². The van der Waals surface area contributed by atoms with Crippen LogP contribution in [-0.2, 0) is 28.5 Å². The number of rotatable bonds is 24. The molecule has 122 heavy (non-hydrogen) atoms. The molecule has 0 aromatic carbocycles. The molecule has 0 unspecified atom stereocenters. The van der Waals surface area contributed by atoms with E-state index in [2.05, 4.69) is 195 Å². The SMILES string of the molecule is C=C1N=C(N)C(C)=CN1[C@@H]1O[C@H](CCP(=C)(C)C)[C@@H](O)[C@H]1O.C=C1N=C(N)C(CO)=CN1[C@@H]1O[C@H](CCP(=C)(C)C)[C@@H](O)[C@H]1O.C=C1N=C(N)C(C[Si](C)(C)C(C)(C)C)=CN1[C@@H]1O[C@H](CCP(=C)(C)C)[C@@H](O)[C@H]1O.C=C1N=C(N)C=CN1[C@@H]1O[C@H](CCP(=C)(C)C)[C@@H](O)[C@]1(C)O.C=C1N=C(NC(C)=O)C(CC)=CN1[C@@H]1O[C@H](CCP(=C)(C)C)[C@@H](O)[C@H]1O. The van der Waals surface area contributed by atoms with Gasteiger partial charge in [0.05, 0.1) is 45.2 Å². The van der Waals surface area contributed by atoms with Crippen molar-refractivity contribution in [3.63, 3.8) is 0 Å². The van der Waals surface area contributed by atoms with Gasteiger partial charge in [0, 0.05) is 60.2 Å². The van der Waals surface area contributed by atoms with Crippen LogP contribution in [0.2, 0.25) is 24.2 Å². The third-order valence-electron chi connectivity index (χ3n) is 22.8. The third-order valence-corrected chi connectivity index (χ3v) is 35.5. The van der Waals surface area contributed by atoms with Crippen LogP contribution in [0.3, 0.4) is 0 Å². The Bertz CT molecular complexity index is 4410. The minimum Gasteiger partial charge on any atom is -0.391 e. The van der Waals surface area contributed by atoms with Gasteiger partial charge in [-0.15, -0.1) is 65.9 Å². The number of carbonyl (C=O) groups excluding carboxylic acids is 1. The first-order valence-electron chi connectivity index (χ1n) is 41.0. The standard InChI is InChI=1S/C21H40N3O3PSi.C18H30N3O4P.C15H26N3O4P.2C15H26N3O3P/c1-14-23-19(22)15(13-29(8,9)21(2,3)4)12-24(14)20-18(26)17(25)16(27-20)10-11-28(5,6)7;1-7-13-10-21(11(2)19-17(13)20-12(3)22)18-16(24)15(23)14(25-18)8-9-26(4,5)6;1-9-17-14(16)10(8-19)7-18(9)15-13(21)12(20)11(22-15)5-6-23(2,3)4;1-10-17-12(16)6-8-18(10)14-15(2,20)13(19)11(21-14)7-9-22(3,4)5;1-9-8-18(10(2)17-14(9)16)15-13(20)12(19)11(21-15)6-7-22(3,4)5/h12,16-18,20,25-26H,1,5,10-11,13H2,2-4,6-9H3,(H2,22,23);10,14-16,18,23-24H,2,4,7-9H2,1,3,5-6H3,(H,19,20,22);7,11-13,15,19-21H,1-2,5-6,8H2,3-4H3,(H2,16,17);6,8,11,13-14,19-20H,1,3,7,9H2,2,4-5H3,(H2,16,17);8,11-13,15,19-20H,2-3,6-7H2,1,4-5H3,(H2,16,17)/t16-,17-,18-,20-;14-,15-,16-,18-;11-,12-,13-,15-;11-,13-,14-,15+;11-,12-,13-,15-/m11111/s1. The molecular formula is C84H148N15O17P5Si. The Morgan fingerprint density at radius 1 is 0.492 bits per heavy atom. The summed E-state index contributed by atoms with van der Waals surface area (Å²) in [5, 5.41) is 117. The molecular weight excluding hydrogens is 1670 g/mol. The fraction of sp³-hybridized carbons (Fsp3) is 0.631. The predicted molar refractivity (Wildman–Crippen MR) is 514 cm³/mol. The van der Waals surface area contributed by atoms with Crippen molar-refractivity contribution in [3.8, 4) is 0 Å². The number of nitrogens with zero attached hydrogens (tertiary/aromatic N) is 10. The highest BCUT2D eigenvalue weighted by atomic mass is 31.2. The fourth-order valence-corrected chi connectivity index (χ4v) is 20.6. The summed E-state index contributed by atoms with van der Waals surface area (Å²) in [6.45, 7) is 52.5. The van der Waals surface area contributed by atoms with Gasteiger partial charge >= 0.3 is 0 Å². The lowest BCUT2D eigenvalue weighted by Crippen LogP contribution is -2.51. The molecule has 20 N–H and O–H groups in total. The molecule has 5 fully saturated rings. The average Bonchev–Trinajstić information content (AvgIpc) is 1.84. The Balaban J connectivity index is 0.000000237. The maximum atomic E-state index is 11.3. The van der Waals surface area contributed by atoms with Gasteiger partial charge in [0.2, 0.25) is 5.91 Å². The van der Waals surface area contributed by atoms with Gasteiger partial charge in [-0.1, -0.05) is 73.7 Å². The normalized spacial score (nSPS) is 31.7. The number of aliphatic imine (C=N–C) groups is 5. The van der Waals surface area contributed by atoms with Crippen molar-refractivity contribution in [1.29, 1.82) is 0 Å². The van der Waals surface area contributed by atoms with Crippen molar-refractivity contribution < 1.29 is 84.7 Å². The van der Waals surface area contributed by atoms with E-state index >= 15 is 0 Å². The van der Waals surface area contributed by atoms with Crippen LogP contribution in [-0.4, -0.2) is 382 Å². The second kappa shape index (κ2) is 42.2. The zero-order valence-electron chi connectivity index (χ0n) is 75.6. The Hall–Kier alpha value is -5.50. The minimum atomic E-state index is -1.64. The quantitative estimate of drug-likeness (QED) is 0.0450. The summed E-state index contributed by atoms with van der Waals surface area (Å²) < 4.78 is 29.7. The van der Waals surface area contributed by atoms with Crippen LogP contribution in [0.5, 0.6) is 0 Å². The first kappa shape index (κ1) is 105. The molecule has 0 radical (unpaired) electrons. The highest BCUT2D eigenvalue weighted by Gasteiger charge is 2.56. The summed E-state index contributed by atoms with van der Waals surface area (Å²) >= 11 is 0. The summed E-state index contributed by atoms with van der Waals surface area (Å²) in [4.78, 5) is 40.5. The third kappa shape index (κ3) is 28.5. The number of hydrogen-bond donors (Lipinski definition) is 16. The van der Waals surface area contributed by atoms with Crippen molar-refractivity contribution in [2.75, 3.05) is 104 Å². The van der Waals surface area contributed by atoms with Gasteiger partial charge in [-0.05, 0) is 167 Å². The highest BCUT2D eigenvalue weighted by molar-refractivity contribution is 7.73. The number of amides is 1. The van der Waals surface area contributed by atoms with Crippen molar-refractivity contribution in [3.05, 3.63) is 121 Å². The predicted octanol–water partition coefficient (Wildman–Crippen LogP) is 4.93. The van der Waals surface area contributed by atoms with Gasteiger partial charge in [-0.3, -0.25) is 4.79 Å². The number of aliphatic hydroxyl groups is 11. The number of carbonyl (C=O) groups is 1. The molecule has 5 saturated heterocycles.